The summed E-state index contributed by atoms with van der Waals surface area (Å²) in [5, 5.41) is 11.9. The minimum absolute atomic E-state index is 0.0329. The molecule has 1 aromatic rings. The predicted molar refractivity (Wildman–Crippen MR) is 70.3 cm³/mol. The molecular weight excluding hydrogens is 235 g/mol. The van der Waals surface area contributed by atoms with E-state index in [0.29, 0.717) is 12.5 Å². The number of nitrogens with zero attached hydrogens (tertiary/aromatic N) is 3. The van der Waals surface area contributed by atoms with Gasteiger partial charge in [-0.15, -0.1) is 0 Å². The topological polar surface area (TPSA) is 61.3 Å². The van der Waals surface area contributed by atoms with Gasteiger partial charge >= 0.3 is 0 Å². The number of nitrogens with one attached hydrogen (secondary N) is 1. The second kappa shape index (κ2) is 7.10. The van der Waals surface area contributed by atoms with E-state index in [9.17, 15) is 4.39 Å². The van der Waals surface area contributed by atoms with Crippen LogP contribution in [-0.2, 0) is 0 Å². The molecular formula is C12H21FN4O. The molecule has 0 unspecified atom stereocenters. The van der Waals surface area contributed by atoms with Gasteiger partial charge in [0.05, 0.1) is 12.8 Å². The molecule has 0 aliphatic carbocycles. The van der Waals surface area contributed by atoms with Crippen LogP contribution < -0.4 is 10.2 Å². The van der Waals surface area contributed by atoms with E-state index in [2.05, 4.69) is 15.3 Å². The molecule has 0 saturated carbocycles. The zero-order valence-electron chi connectivity index (χ0n) is 11.1. The third-order valence-electron chi connectivity index (χ3n) is 2.95. The smallest absolute Gasteiger partial charge is 0.224 e. The summed E-state index contributed by atoms with van der Waals surface area (Å²) in [7, 11) is 1.69. The van der Waals surface area contributed by atoms with Gasteiger partial charge in [-0.05, 0) is 12.8 Å². The van der Waals surface area contributed by atoms with E-state index in [0.717, 1.165) is 19.0 Å². The fourth-order valence-electron chi connectivity index (χ4n) is 1.98. The number of rotatable bonds is 7. The highest BCUT2D eigenvalue weighted by Crippen LogP contribution is 2.22. The van der Waals surface area contributed by atoms with E-state index >= 15 is 0 Å². The number of aromatic nitrogens is 2. The summed E-state index contributed by atoms with van der Waals surface area (Å²) < 4.78 is 13.8. The average Bonchev–Trinajstić information content (AvgIpc) is 2.40. The third kappa shape index (κ3) is 3.29. The van der Waals surface area contributed by atoms with Crippen LogP contribution >= 0.6 is 0 Å². The van der Waals surface area contributed by atoms with Gasteiger partial charge in [0.2, 0.25) is 5.95 Å². The number of anilines is 2. The summed E-state index contributed by atoms with van der Waals surface area (Å²) in [6.07, 6.45) is 2.89. The zero-order chi connectivity index (χ0) is 13.5. The first-order chi connectivity index (χ1) is 8.67. The number of aliphatic hydroxyl groups is 1. The Balaban J connectivity index is 3.10. The molecule has 0 aromatic carbocycles. The second-order valence-corrected chi connectivity index (χ2v) is 4.00. The Morgan fingerprint density at radius 2 is 2.11 bits per heavy atom. The molecule has 1 aromatic heterocycles. The number of aliphatic hydroxyl groups excluding tert-OH is 1. The first-order valence-electron chi connectivity index (χ1n) is 6.25. The van der Waals surface area contributed by atoms with Crippen molar-refractivity contribution < 1.29 is 9.50 Å². The molecule has 5 nitrogen and oxygen atoms in total. The molecule has 1 rings (SSSR count). The van der Waals surface area contributed by atoms with Gasteiger partial charge in [-0.2, -0.15) is 4.98 Å². The van der Waals surface area contributed by atoms with Crippen molar-refractivity contribution in [2.75, 3.05) is 30.4 Å². The van der Waals surface area contributed by atoms with Crippen molar-refractivity contribution in [1.82, 2.24) is 9.97 Å². The number of halogens is 1. The van der Waals surface area contributed by atoms with E-state index in [1.165, 1.54) is 0 Å². The summed E-state index contributed by atoms with van der Waals surface area (Å²) in [5.74, 6) is 0.159. The highest BCUT2D eigenvalue weighted by Gasteiger charge is 2.20. The Hall–Kier alpha value is -1.43. The Kier molecular flexibility index (Phi) is 5.77. The molecule has 6 heteroatoms. The summed E-state index contributed by atoms with van der Waals surface area (Å²) in [6.45, 7) is 4.41. The second-order valence-electron chi connectivity index (χ2n) is 4.00. The van der Waals surface area contributed by atoms with Crippen molar-refractivity contribution >= 4 is 11.8 Å². The van der Waals surface area contributed by atoms with E-state index in [1.807, 2.05) is 13.8 Å². The van der Waals surface area contributed by atoms with E-state index in [-0.39, 0.29) is 18.5 Å². The SMILES string of the molecule is CCC(CC)N(CCO)c1nc(NC)ncc1F. The number of hydrogen-bond acceptors (Lipinski definition) is 5. The van der Waals surface area contributed by atoms with Gasteiger partial charge in [-0.3, -0.25) is 0 Å². The Bertz CT molecular complexity index is 371. The summed E-state index contributed by atoms with van der Waals surface area (Å²) >= 11 is 0. The molecule has 0 amide bonds. The lowest BCUT2D eigenvalue weighted by Crippen LogP contribution is -2.38. The van der Waals surface area contributed by atoms with Gasteiger partial charge in [-0.25, -0.2) is 9.37 Å². The van der Waals surface area contributed by atoms with Crippen molar-refractivity contribution in [2.24, 2.45) is 0 Å². The van der Waals surface area contributed by atoms with Crippen LogP contribution in [0.1, 0.15) is 26.7 Å². The van der Waals surface area contributed by atoms with Crippen molar-refractivity contribution in [1.29, 1.82) is 0 Å². The molecule has 2 N–H and O–H groups in total. The van der Waals surface area contributed by atoms with Crippen LogP contribution in [0.5, 0.6) is 0 Å². The molecule has 0 spiro atoms. The van der Waals surface area contributed by atoms with Gasteiger partial charge < -0.3 is 15.3 Å². The van der Waals surface area contributed by atoms with E-state index < -0.39 is 5.82 Å². The van der Waals surface area contributed by atoms with Gasteiger partial charge in [0.15, 0.2) is 11.6 Å². The molecule has 18 heavy (non-hydrogen) atoms. The Labute approximate surface area is 107 Å². The van der Waals surface area contributed by atoms with Crippen molar-refractivity contribution in [3.63, 3.8) is 0 Å². The largest absolute Gasteiger partial charge is 0.395 e. The van der Waals surface area contributed by atoms with Crippen LogP contribution in [0.2, 0.25) is 0 Å². The van der Waals surface area contributed by atoms with Gasteiger partial charge in [0, 0.05) is 19.6 Å². The Morgan fingerprint density at radius 3 is 2.61 bits per heavy atom. The van der Waals surface area contributed by atoms with Crippen LogP contribution in [0.4, 0.5) is 16.2 Å². The molecule has 0 aliphatic rings. The fraction of sp³-hybridized carbons (Fsp3) is 0.667. The standard InChI is InChI=1S/C12H21FN4O/c1-4-9(5-2)17(6-7-18)11-10(13)8-15-12(14-3)16-11/h8-9,18H,4-7H2,1-3H3,(H,14,15,16). The highest BCUT2D eigenvalue weighted by molar-refractivity contribution is 5.44. The minimum Gasteiger partial charge on any atom is -0.395 e. The Morgan fingerprint density at radius 1 is 1.44 bits per heavy atom. The van der Waals surface area contributed by atoms with Crippen molar-refractivity contribution in [3.05, 3.63) is 12.0 Å². The molecule has 0 fully saturated rings. The lowest BCUT2D eigenvalue weighted by atomic mass is 10.1. The average molecular weight is 256 g/mol. The first kappa shape index (κ1) is 14.6. The molecule has 0 radical (unpaired) electrons. The fourth-order valence-corrected chi connectivity index (χ4v) is 1.98. The molecule has 0 saturated heterocycles. The first-order valence-corrected chi connectivity index (χ1v) is 6.25. The van der Waals surface area contributed by atoms with E-state index in [4.69, 9.17) is 5.11 Å². The lowest BCUT2D eigenvalue weighted by molar-refractivity contribution is 0.295. The summed E-state index contributed by atoms with van der Waals surface area (Å²) in [5.41, 5.74) is 0. The lowest BCUT2D eigenvalue weighted by Gasteiger charge is -2.31. The predicted octanol–water partition coefficient (Wildman–Crippen LogP) is 1.64. The van der Waals surface area contributed by atoms with Crippen LogP contribution in [0.15, 0.2) is 6.20 Å². The maximum absolute atomic E-state index is 13.8. The summed E-state index contributed by atoms with van der Waals surface area (Å²) in [6, 6.07) is 0.159. The maximum Gasteiger partial charge on any atom is 0.224 e. The molecule has 0 bridgehead atoms. The van der Waals surface area contributed by atoms with Crippen LogP contribution in [-0.4, -0.2) is 41.3 Å². The van der Waals surface area contributed by atoms with Gasteiger partial charge in [0.1, 0.15) is 0 Å². The minimum atomic E-state index is -0.464. The van der Waals surface area contributed by atoms with Crippen molar-refractivity contribution in [3.8, 4) is 0 Å². The van der Waals surface area contributed by atoms with Gasteiger partial charge in [-0.1, -0.05) is 13.8 Å². The third-order valence-corrected chi connectivity index (χ3v) is 2.95. The normalized spacial score (nSPS) is 10.8. The van der Waals surface area contributed by atoms with Crippen LogP contribution in [0, 0.1) is 5.82 Å². The molecule has 1 heterocycles. The molecule has 0 atom stereocenters. The zero-order valence-corrected chi connectivity index (χ0v) is 11.1. The highest BCUT2D eigenvalue weighted by atomic mass is 19.1. The molecule has 102 valence electrons. The maximum atomic E-state index is 13.8. The monoisotopic (exact) mass is 256 g/mol. The van der Waals surface area contributed by atoms with E-state index in [1.54, 1.807) is 11.9 Å². The van der Waals surface area contributed by atoms with Crippen LogP contribution in [0.25, 0.3) is 0 Å². The van der Waals surface area contributed by atoms with Crippen molar-refractivity contribution in [2.45, 2.75) is 32.7 Å². The summed E-state index contributed by atoms with van der Waals surface area (Å²) in [4.78, 5) is 9.77. The quantitative estimate of drug-likeness (QED) is 0.776. The number of hydrogen-bond donors (Lipinski definition) is 2. The van der Waals surface area contributed by atoms with Crippen LogP contribution in [0.3, 0.4) is 0 Å². The molecule has 0 aliphatic heterocycles. The van der Waals surface area contributed by atoms with Gasteiger partial charge in [0.25, 0.3) is 0 Å².